The van der Waals surface area contributed by atoms with Crippen molar-refractivity contribution in [3.05, 3.63) is 23.8 Å². The minimum absolute atomic E-state index is 0.731. The summed E-state index contributed by atoms with van der Waals surface area (Å²) in [5.41, 5.74) is 2.39. The molecule has 3 nitrogen and oxygen atoms in total. The van der Waals surface area contributed by atoms with Crippen LogP contribution in [0.1, 0.15) is 18.4 Å². The van der Waals surface area contributed by atoms with Crippen LogP contribution in [0, 0.1) is 12.8 Å². The Morgan fingerprint density at radius 1 is 1.50 bits per heavy atom. The summed E-state index contributed by atoms with van der Waals surface area (Å²) in [6, 6.07) is 6.40. The normalized spacial score (nSPS) is 19.5. The molecule has 4 heteroatoms. The standard InChI is InChI=1S/C14H18N2OS/c1-10-2-3-12-13(8-10)18-14(16-12)15-6-4-11-5-7-17-9-11/h2-3,8,11H,4-7,9H2,1H3,(H,15,16). The van der Waals surface area contributed by atoms with E-state index < -0.39 is 0 Å². The number of aryl methyl sites for hydroxylation is 1. The van der Waals surface area contributed by atoms with Crippen molar-refractivity contribution in [1.82, 2.24) is 4.98 Å². The molecule has 1 aliphatic rings. The van der Waals surface area contributed by atoms with E-state index in [4.69, 9.17) is 4.74 Å². The van der Waals surface area contributed by atoms with E-state index in [1.807, 2.05) is 0 Å². The van der Waals surface area contributed by atoms with Gasteiger partial charge in [-0.15, -0.1) is 0 Å². The molecule has 96 valence electrons. The first-order chi connectivity index (χ1) is 8.81. The molecule has 1 unspecified atom stereocenters. The topological polar surface area (TPSA) is 34.2 Å². The Labute approximate surface area is 111 Å². The summed E-state index contributed by atoms with van der Waals surface area (Å²) in [5, 5.41) is 4.47. The highest BCUT2D eigenvalue weighted by Crippen LogP contribution is 2.27. The molecule has 0 spiro atoms. The molecule has 1 N–H and O–H groups in total. The van der Waals surface area contributed by atoms with Crippen molar-refractivity contribution in [1.29, 1.82) is 0 Å². The summed E-state index contributed by atoms with van der Waals surface area (Å²) in [4.78, 5) is 4.59. The lowest BCUT2D eigenvalue weighted by molar-refractivity contribution is 0.185. The van der Waals surface area contributed by atoms with Gasteiger partial charge in [0.25, 0.3) is 0 Å². The second kappa shape index (κ2) is 5.24. The van der Waals surface area contributed by atoms with Crippen LogP contribution in [0.15, 0.2) is 18.2 Å². The number of fused-ring (bicyclic) bond motifs is 1. The molecule has 1 fully saturated rings. The van der Waals surface area contributed by atoms with E-state index in [0.29, 0.717) is 0 Å². The molecular weight excluding hydrogens is 244 g/mol. The number of hydrogen-bond donors (Lipinski definition) is 1. The molecule has 0 amide bonds. The van der Waals surface area contributed by atoms with Gasteiger partial charge in [-0.1, -0.05) is 17.4 Å². The number of aromatic nitrogens is 1. The van der Waals surface area contributed by atoms with Crippen LogP contribution in [0.5, 0.6) is 0 Å². The third-order valence-electron chi connectivity index (χ3n) is 3.40. The van der Waals surface area contributed by atoms with Gasteiger partial charge in [0.05, 0.1) is 10.2 Å². The third-order valence-corrected chi connectivity index (χ3v) is 4.37. The number of benzene rings is 1. The molecule has 0 radical (unpaired) electrons. The highest BCUT2D eigenvalue weighted by molar-refractivity contribution is 7.22. The second-order valence-corrected chi connectivity index (χ2v) is 5.97. The first kappa shape index (κ1) is 11.9. The summed E-state index contributed by atoms with van der Waals surface area (Å²) in [6.45, 7) is 4.98. The predicted octanol–water partition coefficient (Wildman–Crippen LogP) is 3.44. The van der Waals surface area contributed by atoms with Crippen LogP contribution in [-0.4, -0.2) is 24.7 Å². The lowest BCUT2D eigenvalue weighted by Crippen LogP contribution is -2.08. The molecule has 3 rings (SSSR count). The second-order valence-electron chi connectivity index (χ2n) is 4.94. The summed E-state index contributed by atoms with van der Waals surface area (Å²) < 4.78 is 6.65. The van der Waals surface area contributed by atoms with Gasteiger partial charge in [0.1, 0.15) is 0 Å². The number of hydrogen-bond acceptors (Lipinski definition) is 4. The van der Waals surface area contributed by atoms with Crippen molar-refractivity contribution in [2.75, 3.05) is 25.1 Å². The van der Waals surface area contributed by atoms with Crippen molar-refractivity contribution in [3.8, 4) is 0 Å². The van der Waals surface area contributed by atoms with E-state index >= 15 is 0 Å². The van der Waals surface area contributed by atoms with E-state index in [0.717, 1.165) is 36.3 Å². The zero-order chi connectivity index (χ0) is 12.4. The Morgan fingerprint density at radius 2 is 2.44 bits per heavy atom. The smallest absolute Gasteiger partial charge is 0.183 e. The molecule has 0 bridgehead atoms. The van der Waals surface area contributed by atoms with Crippen molar-refractivity contribution >= 4 is 26.7 Å². The van der Waals surface area contributed by atoms with Crippen LogP contribution in [0.25, 0.3) is 10.2 Å². The van der Waals surface area contributed by atoms with Crippen LogP contribution in [0.3, 0.4) is 0 Å². The molecule has 2 heterocycles. The number of nitrogens with one attached hydrogen (secondary N) is 1. The SMILES string of the molecule is Cc1ccc2nc(NCCC3CCOC3)sc2c1. The monoisotopic (exact) mass is 262 g/mol. The van der Waals surface area contributed by atoms with E-state index in [1.54, 1.807) is 11.3 Å². The molecule has 0 aliphatic carbocycles. The summed E-state index contributed by atoms with van der Waals surface area (Å²) >= 11 is 1.74. The Hall–Kier alpha value is -1.13. The molecule has 1 aromatic heterocycles. The minimum atomic E-state index is 0.731. The Kier molecular flexibility index (Phi) is 3.48. The zero-order valence-electron chi connectivity index (χ0n) is 10.6. The highest BCUT2D eigenvalue weighted by Gasteiger charge is 2.15. The summed E-state index contributed by atoms with van der Waals surface area (Å²) in [7, 11) is 0. The first-order valence-electron chi connectivity index (χ1n) is 6.50. The van der Waals surface area contributed by atoms with Crippen molar-refractivity contribution in [2.24, 2.45) is 5.92 Å². The maximum atomic E-state index is 5.38. The van der Waals surface area contributed by atoms with Gasteiger partial charge >= 0.3 is 0 Å². The fourth-order valence-corrected chi connectivity index (χ4v) is 3.29. The van der Waals surface area contributed by atoms with Gasteiger partial charge in [0, 0.05) is 19.8 Å². The van der Waals surface area contributed by atoms with E-state index in [-0.39, 0.29) is 0 Å². The zero-order valence-corrected chi connectivity index (χ0v) is 11.4. The fraction of sp³-hybridized carbons (Fsp3) is 0.500. The summed E-state index contributed by atoms with van der Waals surface area (Å²) in [6.07, 6.45) is 2.38. The third kappa shape index (κ3) is 2.65. The molecule has 1 aromatic carbocycles. The van der Waals surface area contributed by atoms with E-state index in [9.17, 15) is 0 Å². The van der Waals surface area contributed by atoms with Crippen LogP contribution in [-0.2, 0) is 4.74 Å². The van der Waals surface area contributed by atoms with Crippen LogP contribution >= 0.6 is 11.3 Å². The number of thiazole rings is 1. The highest BCUT2D eigenvalue weighted by atomic mass is 32.1. The molecule has 1 saturated heterocycles. The minimum Gasteiger partial charge on any atom is -0.381 e. The Morgan fingerprint density at radius 3 is 3.28 bits per heavy atom. The fourth-order valence-electron chi connectivity index (χ4n) is 2.30. The largest absolute Gasteiger partial charge is 0.381 e. The van der Waals surface area contributed by atoms with Crippen molar-refractivity contribution in [3.63, 3.8) is 0 Å². The maximum absolute atomic E-state index is 5.38. The molecule has 1 atom stereocenters. The lowest BCUT2D eigenvalue weighted by Gasteiger charge is -2.06. The van der Waals surface area contributed by atoms with Gasteiger partial charge in [-0.3, -0.25) is 0 Å². The van der Waals surface area contributed by atoms with Gasteiger partial charge in [-0.2, -0.15) is 0 Å². The van der Waals surface area contributed by atoms with Gasteiger partial charge in [0.2, 0.25) is 0 Å². The van der Waals surface area contributed by atoms with Crippen LogP contribution < -0.4 is 5.32 Å². The molecule has 18 heavy (non-hydrogen) atoms. The molecular formula is C14H18N2OS. The van der Waals surface area contributed by atoms with Gasteiger partial charge in [-0.25, -0.2) is 4.98 Å². The van der Waals surface area contributed by atoms with E-state index in [1.165, 1.54) is 23.1 Å². The van der Waals surface area contributed by atoms with E-state index in [2.05, 4.69) is 35.4 Å². The number of ether oxygens (including phenoxy) is 1. The molecule has 1 aliphatic heterocycles. The number of anilines is 1. The molecule has 2 aromatic rings. The average molecular weight is 262 g/mol. The Bertz CT molecular complexity index is 532. The maximum Gasteiger partial charge on any atom is 0.183 e. The van der Waals surface area contributed by atoms with Crippen LogP contribution in [0.4, 0.5) is 5.13 Å². The van der Waals surface area contributed by atoms with Crippen molar-refractivity contribution in [2.45, 2.75) is 19.8 Å². The Balaban J connectivity index is 1.60. The van der Waals surface area contributed by atoms with Crippen LogP contribution in [0.2, 0.25) is 0 Å². The van der Waals surface area contributed by atoms with Crippen molar-refractivity contribution < 1.29 is 4.74 Å². The molecule has 0 saturated carbocycles. The lowest BCUT2D eigenvalue weighted by atomic mass is 10.1. The number of rotatable bonds is 4. The number of nitrogens with zero attached hydrogens (tertiary/aromatic N) is 1. The van der Waals surface area contributed by atoms with Gasteiger partial charge in [0.15, 0.2) is 5.13 Å². The van der Waals surface area contributed by atoms with Gasteiger partial charge < -0.3 is 10.1 Å². The van der Waals surface area contributed by atoms with Gasteiger partial charge in [-0.05, 0) is 43.4 Å². The first-order valence-corrected chi connectivity index (χ1v) is 7.32. The summed E-state index contributed by atoms with van der Waals surface area (Å²) in [5.74, 6) is 0.731. The predicted molar refractivity (Wildman–Crippen MR) is 76.4 cm³/mol. The average Bonchev–Trinajstić information content (AvgIpc) is 2.97. The quantitative estimate of drug-likeness (QED) is 0.916.